The van der Waals surface area contributed by atoms with E-state index in [0.717, 1.165) is 15.0 Å². The number of hydrogen-bond acceptors (Lipinski definition) is 4. The summed E-state index contributed by atoms with van der Waals surface area (Å²) in [6.45, 7) is 5.31. The van der Waals surface area contributed by atoms with Crippen LogP contribution in [0.15, 0.2) is 43.0 Å². The first kappa shape index (κ1) is 15.7. The molecular formula is C17H18N2O3S. The van der Waals surface area contributed by atoms with Crippen LogP contribution in [0, 0.1) is 0 Å². The summed E-state index contributed by atoms with van der Waals surface area (Å²) in [6, 6.07) is 9.90. The number of nitrogens with one attached hydrogen (secondary N) is 1. The summed E-state index contributed by atoms with van der Waals surface area (Å²) in [7, 11) is 0. The van der Waals surface area contributed by atoms with E-state index in [1.54, 1.807) is 4.90 Å². The second-order valence-electron chi connectivity index (χ2n) is 5.34. The van der Waals surface area contributed by atoms with Gasteiger partial charge < -0.3 is 15.0 Å². The summed E-state index contributed by atoms with van der Waals surface area (Å²) in [5, 5.41) is 3.79. The van der Waals surface area contributed by atoms with Crippen LogP contribution in [0.5, 0.6) is 0 Å². The first-order valence-electron chi connectivity index (χ1n) is 7.47. The van der Waals surface area contributed by atoms with E-state index < -0.39 is 0 Å². The Morgan fingerprint density at radius 3 is 3.04 bits per heavy atom. The molecule has 0 saturated carbocycles. The van der Waals surface area contributed by atoms with Crippen molar-refractivity contribution < 1.29 is 14.3 Å². The van der Waals surface area contributed by atoms with Gasteiger partial charge in [0.05, 0.1) is 17.6 Å². The highest BCUT2D eigenvalue weighted by molar-refractivity contribution is 7.20. The molecule has 0 bridgehead atoms. The van der Waals surface area contributed by atoms with Gasteiger partial charge in [0.2, 0.25) is 5.91 Å². The molecule has 1 aromatic heterocycles. The van der Waals surface area contributed by atoms with Gasteiger partial charge in [0.25, 0.3) is 5.91 Å². The second-order valence-corrected chi connectivity index (χ2v) is 6.43. The number of hydrogen-bond donors (Lipinski definition) is 1. The average molecular weight is 330 g/mol. The number of amides is 2. The van der Waals surface area contributed by atoms with Crippen LogP contribution < -0.4 is 5.32 Å². The third-order valence-electron chi connectivity index (χ3n) is 3.75. The highest BCUT2D eigenvalue weighted by atomic mass is 32.1. The average Bonchev–Trinajstić information content (AvgIpc) is 3.03. The van der Waals surface area contributed by atoms with Gasteiger partial charge >= 0.3 is 0 Å². The number of thiophene rings is 1. The lowest BCUT2D eigenvalue weighted by molar-refractivity contribution is -0.117. The fourth-order valence-electron chi connectivity index (χ4n) is 2.56. The van der Waals surface area contributed by atoms with Crippen molar-refractivity contribution in [2.24, 2.45) is 0 Å². The Labute approximate surface area is 138 Å². The van der Waals surface area contributed by atoms with Crippen molar-refractivity contribution in [3.8, 4) is 0 Å². The molecule has 0 aliphatic carbocycles. The molecule has 0 unspecified atom stereocenters. The Hall–Kier alpha value is -2.18. The van der Waals surface area contributed by atoms with Crippen LogP contribution in [0.4, 0.5) is 0 Å². The van der Waals surface area contributed by atoms with Crippen LogP contribution in [0.3, 0.4) is 0 Å². The lowest BCUT2D eigenvalue weighted by atomic mass is 10.2. The Balaban J connectivity index is 1.66. The lowest BCUT2D eigenvalue weighted by Crippen LogP contribution is -2.49. The zero-order valence-corrected chi connectivity index (χ0v) is 13.5. The third kappa shape index (κ3) is 3.60. The zero-order chi connectivity index (χ0) is 16.2. The molecule has 2 aromatic rings. The molecule has 0 radical (unpaired) electrons. The fraction of sp³-hybridized carbons (Fsp3) is 0.294. The van der Waals surface area contributed by atoms with E-state index in [4.69, 9.17) is 4.74 Å². The highest BCUT2D eigenvalue weighted by Crippen LogP contribution is 2.26. The molecule has 1 aliphatic heterocycles. The lowest BCUT2D eigenvalue weighted by Gasteiger charge is -2.32. The summed E-state index contributed by atoms with van der Waals surface area (Å²) in [4.78, 5) is 26.4. The molecule has 5 nitrogen and oxygen atoms in total. The molecule has 1 N–H and O–H groups in total. The molecule has 23 heavy (non-hydrogen) atoms. The van der Waals surface area contributed by atoms with E-state index in [2.05, 4.69) is 11.9 Å². The molecule has 1 fully saturated rings. The molecule has 1 aromatic carbocycles. The van der Waals surface area contributed by atoms with Gasteiger partial charge in [-0.05, 0) is 23.6 Å². The number of fused-ring (bicyclic) bond motifs is 1. The van der Waals surface area contributed by atoms with E-state index in [-0.39, 0.29) is 17.9 Å². The van der Waals surface area contributed by atoms with Gasteiger partial charge in [0.15, 0.2) is 0 Å². The number of rotatable bonds is 4. The Morgan fingerprint density at radius 2 is 2.26 bits per heavy atom. The maximum absolute atomic E-state index is 12.7. The number of benzene rings is 1. The van der Waals surface area contributed by atoms with E-state index in [1.165, 1.54) is 17.4 Å². The van der Waals surface area contributed by atoms with Gasteiger partial charge in [-0.25, -0.2) is 0 Å². The third-order valence-corrected chi connectivity index (χ3v) is 4.86. The summed E-state index contributed by atoms with van der Waals surface area (Å²) in [5.74, 6) is -0.212. The van der Waals surface area contributed by atoms with Crippen molar-refractivity contribution in [3.63, 3.8) is 0 Å². The maximum Gasteiger partial charge on any atom is 0.264 e. The summed E-state index contributed by atoms with van der Waals surface area (Å²) in [5.41, 5.74) is 0. The minimum absolute atomic E-state index is 0.0227. The van der Waals surface area contributed by atoms with Crippen molar-refractivity contribution in [2.75, 3.05) is 26.2 Å². The van der Waals surface area contributed by atoms with Gasteiger partial charge in [-0.2, -0.15) is 0 Å². The summed E-state index contributed by atoms with van der Waals surface area (Å²) < 4.78 is 6.72. The van der Waals surface area contributed by atoms with Crippen LogP contribution in [-0.4, -0.2) is 49.1 Å². The minimum atomic E-state index is -0.235. The molecule has 120 valence electrons. The van der Waals surface area contributed by atoms with Gasteiger partial charge in [0.1, 0.15) is 0 Å². The van der Waals surface area contributed by atoms with Crippen molar-refractivity contribution in [2.45, 2.75) is 6.10 Å². The molecule has 1 saturated heterocycles. The first-order valence-corrected chi connectivity index (χ1v) is 8.29. The monoisotopic (exact) mass is 330 g/mol. The highest BCUT2D eigenvalue weighted by Gasteiger charge is 2.26. The molecule has 1 aliphatic rings. The molecule has 2 heterocycles. The molecule has 1 atom stereocenters. The van der Waals surface area contributed by atoms with Crippen molar-refractivity contribution in [1.29, 1.82) is 0 Å². The predicted octanol–water partition coefficient (Wildman–Crippen LogP) is 2.04. The standard InChI is InChI=1S/C17H18N2O3S/c1-2-16(20)18-10-13-11-19(7-8-22-13)17(21)15-9-12-5-3-4-6-14(12)23-15/h2-6,9,13H,1,7-8,10-11H2,(H,18,20)/t13-/m0/s1. The Morgan fingerprint density at radius 1 is 1.43 bits per heavy atom. The minimum Gasteiger partial charge on any atom is -0.373 e. The normalized spacial score (nSPS) is 17.9. The molecule has 6 heteroatoms. The Bertz CT molecular complexity index is 707. The van der Waals surface area contributed by atoms with Crippen LogP contribution in [0.1, 0.15) is 9.67 Å². The van der Waals surface area contributed by atoms with Crippen LogP contribution in [0.2, 0.25) is 0 Å². The van der Waals surface area contributed by atoms with Crippen LogP contribution in [-0.2, 0) is 9.53 Å². The van der Waals surface area contributed by atoms with Gasteiger partial charge in [0, 0.05) is 24.3 Å². The maximum atomic E-state index is 12.7. The predicted molar refractivity (Wildman–Crippen MR) is 90.7 cm³/mol. The zero-order valence-electron chi connectivity index (χ0n) is 12.7. The van der Waals surface area contributed by atoms with E-state index in [0.29, 0.717) is 26.2 Å². The van der Waals surface area contributed by atoms with Crippen molar-refractivity contribution in [3.05, 3.63) is 47.9 Å². The largest absolute Gasteiger partial charge is 0.373 e. The molecule has 0 spiro atoms. The number of carbonyl (C=O) groups is 2. The molecule has 2 amide bonds. The summed E-state index contributed by atoms with van der Waals surface area (Å²) in [6.07, 6.45) is 1.04. The second kappa shape index (κ2) is 6.93. The fourth-order valence-corrected chi connectivity index (χ4v) is 3.59. The van der Waals surface area contributed by atoms with Gasteiger partial charge in [-0.1, -0.05) is 24.8 Å². The van der Waals surface area contributed by atoms with E-state index >= 15 is 0 Å². The van der Waals surface area contributed by atoms with Gasteiger partial charge in [-0.3, -0.25) is 9.59 Å². The van der Waals surface area contributed by atoms with Crippen molar-refractivity contribution in [1.82, 2.24) is 10.2 Å². The SMILES string of the molecule is C=CC(=O)NC[C@H]1CN(C(=O)c2cc3ccccc3s2)CCO1. The number of carbonyl (C=O) groups excluding carboxylic acids is 2. The number of morpholine rings is 1. The van der Waals surface area contributed by atoms with Gasteiger partial charge in [-0.15, -0.1) is 11.3 Å². The Kier molecular flexibility index (Phi) is 4.73. The van der Waals surface area contributed by atoms with E-state index in [1.807, 2.05) is 30.3 Å². The molecule has 3 rings (SSSR count). The number of nitrogens with zero attached hydrogens (tertiary/aromatic N) is 1. The first-order chi connectivity index (χ1) is 11.2. The van der Waals surface area contributed by atoms with Crippen LogP contribution >= 0.6 is 11.3 Å². The molecular weight excluding hydrogens is 312 g/mol. The number of ether oxygens (including phenoxy) is 1. The van der Waals surface area contributed by atoms with Crippen LogP contribution in [0.25, 0.3) is 10.1 Å². The topological polar surface area (TPSA) is 58.6 Å². The quantitative estimate of drug-likeness (QED) is 0.873. The van der Waals surface area contributed by atoms with Crippen molar-refractivity contribution >= 4 is 33.2 Å². The summed E-state index contributed by atoms with van der Waals surface area (Å²) >= 11 is 1.51. The smallest absolute Gasteiger partial charge is 0.264 e. The van der Waals surface area contributed by atoms with E-state index in [9.17, 15) is 9.59 Å².